The maximum Gasteiger partial charge on any atom is 0.317 e. The normalized spacial score (nSPS) is 25.8. The van der Waals surface area contributed by atoms with Crippen LogP contribution in [-0.4, -0.2) is 58.5 Å². The molecule has 2 amide bonds. The van der Waals surface area contributed by atoms with Crippen LogP contribution in [0.2, 0.25) is 0 Å². The van der Waals surface area contributed by atoms with Crippen molar-refractivity contribution >= 4 is 27.6 Å². The molecule has 2 aromatic rings. The van der Waals surface area contributed by atoms with Gasteiger partial charge in [-0.1, -0.05) is 0 Å². The predicted octanol–water partition coefficient (Wildman–Crippen LogP) is 1.22. The molecule has 5 rings (SSSR count). The van der Waals surface area contributed by atoms with E-state index in [9.17, 15) is 9.59 Å². The number of aromatic amines is 1. The Kier molecular flexibility index (Phi) is 4.01. The van der Waals surface area contributed by atoms with Gasteiger partial charge >= 0.3 is 6.03 Å². The Balaban J connectivity index is 1.42. The number of fused-ring (bicyclic) bond motifs is 4. The van der Waals surface area contributed by atoms with Gasteiger partial charge in [0, 0.05) is 19.6 Å². The summed E-state index contributed by atoms with van der Waals surface area (Å²) >= 11 is 1.37. The number of aromatic nitrogens is 2. The van der Waals surface area contributed by atoms with Crippen LogP contribution in [0.25, 0.3) is 10.2 Å². The predicted molar refractivity (Wildman–Crippen MR) is 93.2 cm³/mol. The lowest BCUT2D eigenvalue weighted by molar-refractivity contribution is 0.0735. The second-order valence-electron chi connectivity index (χ2n) is 6.70. The molecular weight excluding hydrogens is 326 g/mol. The number of hydrogen-bond acceptors (Lipinski definition) is 5. The van der Waals surface area contributed by atoms with E-state index in [1.807, 2.05) is 11.4 Å². The van der Waals surface area contributed by atoms with E-state index in [-0.39, 0.29) is 24.2 Å². The highest BCUT2D eigenvalue weighted by Crippen LogP contribution is 2.27. The first kappa shape index (κ1) is 15.6. The summed E-state index contributed by atoms with van der Waals surface area (Å²) in [5.74, 6) is 1.10. The van der Waals surface area contributed by atoms with Gasteiger partial charge in [0.05, 0.1) is 12.1 Å². The molecule has 8 heteroatoms. The second kappa shape index (κ2) is 6.18. The van der Waals surface area contributed by atoms with Crippen LogP contribution in [0.15, 0.2) is 16.2 Å². The van der Waals surface area contributed by atoms with Crippen molar-refractivity contribution in [3.63, 3.8) is 0 Å². The molecule has 2 N–H and O–H groups in total. The Morgan fingerprint density at radius 1 is 1.50 bits per heavy atom. The zero-order valence-corrected chi connectivity index (χ0v) is 14.4. The number of urea groups is 1. The standard InChI is InChI=1S/C16H21N5O2S/c1-20(9-13-17-11-4-7-24-14(11)15(22)19-13)16(23)18-12-8-21-5-2-10(12)3-6-21/h4,7,10,12H,2-3,5-6,8-9H2,1H3,(H,18,23)(H,17,19,22)/t12-/m1/s1. The summed E-state index contributed by atoms with van der Waals surface area (Å²) in [6.07, 6.45) is 2.33. The molecule has 3 aliphatic rings. The van der Waals surface area contributed by atoms with Crippen LogP contribution < -0.4 is 10.9 Å². The molecule has 2 bridgehead atoms. The molecule has 128 valence electrons. The number of rotatable bonds is 3. The fraction of sp³-hybridized carbons (Fsp3) is 0.562. The highest BCUT2D eigenvalue weighted by atomic mass is 32.1. The molecule has 7 nitrogen and oxygen atoms in total. The molecule has 0 spiro atoms. The van der Waals surface area contributed by atoms with Gasteiger partial charge in [-0.25, -0.2) is 9.78 Å². The lowest BCUT2D eigenvalue weighted by atomic mass is 9.84. The van der Waals surface area contributed by atoms with Crippen LogP contribution in [0.5, 0.6) is 0 Å². The molecule has 3 fully saturated rings. The van der Waals surface area contributed by atoms with Gasteiger partial charge in [-0.2, -0.15) is 0 Å². The highest BCUT2D eigenvalue weighted by Gasteiger charge is 2.35. The van der Waals surface area contributed by atoms with E-state index < -0.39 is 0 Å². The molecule has 2 aromatic heterocycles. The van der Waals surface area contributed by atoms with Crippen LogP contribution >= 0.6 is 11.3 Å². The summed E-state index contributed by atoms with van der Waals surface area (Å²) in [6, 6.07) is 1.95. The molecule has 0 saturated carbocycles. The van der Waals surface area contributed by atoms with E-state index in [1.165, 1.54) is 24.2 Å². The number of thiophene rings is 1. The average Bonchev–Trinajstić information content (AvgIpc) is 3.05. The monoisotopic (exact) mass is 347 g/mol. The topological polar surface area (TPSA) is 81.3 Å². The Labute approximate surface area is 143 Å². The van der Waals surface area contributed by atoms with Crippen LogP contribution in [0.3, 0.4) is 0 Å². The van der Waals surface area contributed by atoms with E-state index in [4.69, 9.17) is 0 Å². The quantitative estimate of drug-likeness (QED) is 0.875. The van der Waals surface area contributed by atoms with Gasteiger partial charge in [0.2, 0.25) is 0 Å². The van der Waals surface area contributed by atoms with Crippen molar-refractivity contribution in [3.05, 3.63) is 27.6 Å². The first-order valence-electron chi connectivity index (χ1n) is 8.30. The number of H-pyrrole nitrogens is 1. The third kappa shape index (κ3) is 2.91. The molecule has 3 saturated heterocycles. The van der Waals surface area contributed by atoms with E-state index in [0.29, 0.717) is 22.0 Å². The summed E-state index contributed by atoms with van der Waals surface area (Å²) in [5, 5.41) is 4.99. The third-order valence-electron chi connectivity index (χ3n) is 5.06. The van der Waals surface area contributed by atoms with Gasteiger partial charge in [0.15, 0.2) is 0 Å². The van der Waals surface area contributed by atoms with Crippen molar-refractivity contribution in [2.75, 3.05) is 26.7 Å². The van der Waals surface area contributed by atoms with Crippen LogP contribution in [0, 0.1) is 5.92 Å². The van der Waals surface area contributed by atoms with Crippen molar-refractivity contribution in [2.45, 2.75) is 25.4 Å². The van der Waals surface area contributed by atoms with E-state index in [2.05, 4.69) is 20.2 Å². The van der Waals surface area contributed by atoms with Gasteiger partial charge < -0.3 is 20.1 Å². The van der Waals surface area contributed by atoms with Gasteiger partial charge in [-0.3, -0.25) is 4.79 Å². The second-order valence-corrected chi connectivity index (χ2v) is 7.61. The Morgan fingerprint density at radius 2 is 2.29 bits per heavy atom. The number of carbonyl (C=O) groups excluding carboxylic acids is 1. The van der Waals surface area contributed by atoms with Gasteiger partial charge in [-0.05, 0) is 43.3 Å². The van der Waals surface area contributed by atoms with Gasteiger partial charge in [-0.15, -0.1) is 11.3 Å². The largest absolute Gasteiger partial charge is 0.334 e. The first-order chi connectivity index (χ1) is 11.6. The Hall–Kier alpha value is -1.93. The summed E-state index contributed by atoms with van der Waals surface area (Å²) in [5.41, 5.74) is 0.543. The summed E-state index contributed by atoms with van der Waals surface area (Å²) < 4.78 is 0.623. The highest BCUT2D eigenvalue weighted by molar-refractivity contribution is 7.17. The number of carbonyl (C=O) groups is 1. The number of nitrogens with one attached hydrogen (secondary N) is 2. The number of nitrogens with zero attached hydrogens (tertiary/aromatic N) is 3. The summed E-state index contributed by atoms with van der Waals surface area (Å²) in [6.45, 7) is 3.53. The molecule has 0 aliphatic carbocycles. The smallest absolute Gasteiger partial charge is 0.317 e. The van der Waals surface area contributed by atoms with E-state index in [0.717, 1.165) is 19.6 Å². The molecule has 0 unspecified atom stereocenters. The lowest BCUT2D eigenvalue weighted by Gasteiger charge is -2.45. The SMILES string of the molecule is CN(Cc1nc2ccsc2c(=O)[nH]1)C(=O)N[C@@H]1CN2CCC1CC2. The minimum Gasteiger partial charge on any atom is -0.334 e. The van der Waals surface area contributed by atoms with E-state index in [1.54, 1.807) is 11.9 Å². The van der Waals surface area contributed by atoms with Gasteiger partial charge in [0.25, 0.3) is 5.56 Å². The molecule has 0 aromatic carbocycles. The van der Waals surface area contributed by atoms with Crippen molar-refractivity contribution in [1.82, 2.24) is 25.1 Å². The van der Waals surface area contributed by atoms with Crippen molar-refractivity contribution in [1.29, 1.82) is 0 Å². The lowest BCUT2D eigenvalue weighted by Crippen LogP contribution is -2.58. The molecule has 5 heterocycles. The minimum atomic E-state index is -0.142. The number of amides is 2. The van der Waals surface area contributed by atoms with Crippen LogP contribution in [0.1, 0.15) is 18.7 Å². The molecule has 1 atom stereocenters. The third-order valence-corrected chi connectivity index (χ3v) is 5.96. The fourth-order valence-corrected chi connectivity index (χ4v) is 4.42. The van der Waals surface area contributed by atoms with Crippen LogP contribution in [-0.2, 0) is 6.54 Å². The molecule has 24 heavy (non-hydrogen) atoms. The molecule has 0 radical (unpaired) electrons. The molecule has 3 aliphatic heterocycles. The Morgan fingerprint density at radius 3 is 3.00 bits per heavy atom. The molecular formula is C16H21N5O2S. The first-order valence-corrected chi connectivity index (χ1v) is 9.18. The number of piperidine rings is 3. The summed E-state index contributed by atoms with van der Waals surface area (Å²) in [7, 11) is 1.73. The van der Waals surface area contributed by atoms with E-state index >= 15 is 0 Å². The maximum atomic E-state index is 12.5. The zero-order valence-electron chi connectivity index (χ0n) is 13.6. The van der Waals surface area contributed by atoms with Gasteiger partial charge in [0.1, 0.15) is 10.5 Å². The Bertz CT molecular complexity index is 808. The fourth-order valence-electron chi connectivity index (χ4n) is 3.69. The zero-order chi connectivity index (χ0) is 16.7. The van der Waals surface area contributed by atoms with Crippen LogP contribution in [0.4, 0.5) is 4.79 Å². The van der Waals surface area contributed by atoms with Crippen molar-refractivity contribution < 1.29 is 4.79 Å². The average molecular weight is 347 g/mol. The van der Waals surface area contributed by atoms with Crippen molar-refractivity contribution in [2.24, 2.45) is 5.92 Å². The minimum absolute atomic E-state index is 0.109. The number of hydrogen-bond donors (Lipinski definition) is 2. The van der Waals surface area contributed by atoms with Crippen molar-refractivity contribution in [3.8, 4) is 0 Å². The maximum absolute atomic E-state index is 12.5. The summed E-state index contributed by atoms with van der Waals surface area (Å²) in [4.78, 5) is 35.7.